The molecule has 4 N–H and O–H groups in total. The van der Waals surface area contributed by atoms with Crippen LogP contribution in [0.1, 0.15) is 30.4 Å². The molecule has 0 fully saturated rings. The third kappa shape index (κ3) is 3.48. The number of phenols is 2. The zero-order valence-electron chi connectivity index (χ0n) is 12.8. The van der Waals surface area contributed by atoms with Gasteiger partial charge in [-0.3, -0.25) is 9.59 Å². The molecule has 0 aliphatic carbocycles. The number of carboxylic acids is 2. The Bertz CT molecular complexity index is 707. The second-order valence-electron chi connectivity index (χ2n) is 5.56. The first-order valence-corrected chi connectivity index (χ1v) is 7.40. The van der Waals surface area contributed by atoms with Gasteiger partial charge in [-0.1, -0.05) is 24.3 Å². The molecule has 0 amide bonds. The molecule has 6 nitrogen and oxygen atoms in total. The van der Waals surface area contributed by atoms with Gasteiger partial charge in [-0.25, -0.2) is 0 Å². The minimum atomic E-state index is -1.56. The van der Waals surface area contributed by atoms with Crippen LogP contribution in [-0.2, 0) is 15.0 Å². The number of rotatable bonds is 7. The number of hydrogen-bond acceptors (Lipinski definition) is 4. The van der Waals surface area contributed by atoms with Crippen LogP contribution in [0.25, 0.3) is 0 Å². The predicted molar refractivity (Wildman–Crippen MR) is 86.1 cm³/mol. The second-order valence-corrected chi connectivity index (χ2v) is 5.56. The highest BCUT2D eigenvalue weighted by Gasteiger charge is 2.42. The predicted octanol–water partition coefficient (Wildman–Crippen LogP) is 2.72. The molecule has 126 valence electrons. The maximum absolute atomic E-state index is 12.2. The van der Waals surface area contributed by atoms with Gasteiger partial charge in [0, 0.05) is 6.42 Å². The largest absolute Gasteiger partial charge is 0.508 e. The van der Waals surface area contributed by atoms with Gasteiger partial charge in [0.15, 0.2) is 0 Å². The minimum absolute atomic E-state index is 0.0154. The maximum atomic E-state index is 12.2. The lowest BCUT2D eigenvalue weighted by atomic mass is 9.71. The van der Waals surface area contributed by atoms with Crippen molar-refractivity contribution in [2.24, 2.45) is 0 Å². The van der Waals surface area contributed by atoms with E-state index in [-0.39, 0.29) is 30.8 Å². The maximum Gasteiger partial charge on any atom is 0.318 e. The van der Waals surface area contributed by atoms with Crippen molar-refractivity contribution >= 4 is 11.9 Å². The summed E-state index contributed by atoms with van der Waals surface area (Å²) in [6.45, 7) is 0. The molecular formula is C18H18O6. The Kier molecular flexibility index (Phi) is 5.08. The summed E-state index contributed by atoms with van der Waals surface area (Å²) < 4.78 is 0. The molecule has 2 aromatic carbocycles. The first-order valence-electron chi connectivity index (χ1n) is 7.40. The van der Waals surface area contributed by atoms with E-state index in [4.69, 9.17) is 5.11 Å². The lowest BCUT2D eigenvalue weighted by Gasteiger charge is -2.31. The van der Waals surface area contributed by atoms with Gasteiger partial charge in [-0.2, -0.15) is 0 Å². The van der Waals surface area contributed by atoms with Gasteiger partial charge in [-0.05, 0) is 48.2 Å². The van der Waals surface area contributed by atoms with E-state index in [2.05, 4.69) is 0 Å². The minimum Gasteiger partial charge on any atom is -0.508 e. The Morgan fingerprint density at radius 1 is 0.875 bits per heavy atom. The Morgan fingerprint density at radius 2 is 1.38 bits per heavy atom. The lowest BCUT2D eigenvalue weighted by molar-refractivity contribution is -0.143. The van der Waals surface area contributed by atoms with E-state index in [1.54, 1.807) is 12.1 Å². The molecule has 0 atom stereocenters. The van der Waals surface area contributed by atoms with Crippen LogP contribution in [0.3, 0.4) is 0 Å². The van der Waals surface area contributed by atoms with Crippen molar-refractivity contribution in [2.45, 2.75) is 24.7 Å². The van der Waals surface area contributed by atoms with Crippen LogP contribution in [0, 0.1) is 0 Å². The quantitative estimate of drug-likeness (QED) is 0.620. The average Bonchev–Trinajstić information content (AvgIpc) is 2.51. The number of aromatic hydroxyl groups is 2. The molecule has 0 aromatic heterocycles. The van der Waals surface area contributed by atoms with Crippen molar-refractivity contribution in [2.75, 3.05) is 0 Å². The van der Waals surface area contributed by atoms with E-state index in [9.17, 15) is 24.9 Å². The molecule has 2 aromatic rings. The monoisotopic (exact) mass is 330 g/mol. The summed E-state index contributed by atoms with van der Waals surface area (Å²) in [6, 6.07) is 11.7. The molecule has 0 bridgehead atoms. The molecule has 0 saturated carbocycles. The summed E-state index contributed by atoms with van der Waals surface area (Å²) >= 11 is 0. The third-order valence-corrected chi connectivity index (χ3v) is 3.99. The Hall–Kier alpha value is -3.02. The van der Waals surface area contributed by atoms with Crippen molar-refractivity contribution in [1.82, 2.24) is 0 Å². The molecule has 24 heavy (non-hydrogen) atoms. The van der Waals surface area contributed by atoms with Gasteiger partial charge in [0.25, 0.3) is 0 Å². The van der Waals surface area contributed by atoms with E-state index in [1.165, 1.54) is 36.4 Å². The Morgan fingerprint density at radius 3 is 1.75 bits per heavy atom. The van der Waals surface area contributed by atoms with E-state index in [1.807, 2.05) is 0 Å². The highest BCUT2D eigenvalue weighted by Crippen LogP contribution is 2.40. The van der Waals surface area contributed by atoms with Crippen molar-refractivity contribution in [3.05, 3.63) is 59.7 Å². The number of benzene rings is 2. The summed E-state index contributed by atoms with van der Waals surface area (Å²) in [4.78, 5) is 23.0. The fourth-order valence-electron chi connectivity index (χ4n) is 2.86. The molecule has 0 heterocycles. The summed E-state index contributed by atoms with van der Waals surface area (Å²) in [5.41, 5.74) is -0.913. The van der Waals surface area contributed by atoms with Gasteiger partial charge in [-0.15, -0.1) is 0 Å². The van der Waals surface area contributed by atoms with E-state index in [0.717, 1.165) is 0 Å². The fraction of sp³-hybridized carbons (Fsp3) is 0.222. The molecule has 2 rings (SSSR count). The molecule has 0 spiro atoms. The number of carboxylic acid groups (broad SMARTS) is 2. The van der Waals surface area contributed by atoms with Gasteiger partial charge in [0.05, 0.1) is 0 Å². The lowest BCUT2D eigenvalue weighted by Crippen LogP contribution is -2.37. The normalized spacial score (nSPS) is 11.2. The summed E-state index contributed by atoms with van der Waals surface area (Å²) in [6.07, 6.45) is -0.0266. The fourth-order valence-corrected chi connectivity index (χ4v) is 2.86. The van der Waals surface area contributed by atoms with Crippen LogP contribution >= 0.6 is 0 Å². The molecule has 0 saturated heterocycles. The van der Waals surface area contributed by atoms with Crippen molar-refractivity contribution in [3.8, 4) is 11.5 Å². The van der Waals surface area contributed by atoms with Crippen molar-refractivity contribution < 1.29 is 30.0 Å². The van der Waals surface area contributed by atoms with Crippen LogP contribution in [0.15, 0.2) is 48.5 Å². The van der Waals surface area contributed by atoms with Gasteiger partial charge >= 0.3 is 11.9 Å². The zero-order chi connectivity index (χ0) is 17.7. The Labute approximate surface area is 138 Å². The van der Waals surface area contributed by atoms with Crippen molar-refractivity contribution in [1.29, 1.82) is 0 Å². The first kappa shape index (κ1) is 17.3. The first-order chi connectivity index (χ1) is 11.4. The third-order valence-electron chi connectivity index (χ3n) is 3.99. The van der Waals surface area contributed by atoms with Crippen molar-refractivity contribution in [3.63, 3.8) is 0 Å². The van der Waals surface area contributed by atoms with E-state index in [0.29, 0.717) is 11.1 Å². The van der Waals surface area contributed by atoms with Crippen LogP contribution in [0.2, 0.25) is 0 Å². The van der Waals surface area contributed by atoms with Gasteiger partial charge < -0.3 is 20.4 Å². The molecular weight excluding hydrogens is 312 g/mol. The highest BCUT2D eigenvalue weighted by molar-refractivity contribution is 5.86. The second kappa shape index (κ2) is 7.04. The smallest absolute Gasteiger partial charge is 0.318 e. The molecule has 6 heteroatoms. The van der Waals surface area contributed by atoms with Gasteiger partial charge in [0.1, 0.15) is 16.9 Å². The van der Waals surface area contributed by atoms with E-state index >= 15 is 0 Å². The topological polar surface area (TPSA) is 115 Å². The van der Waals surface area contributed by atoms with Crippen LogP contribution in [0.4, 0.5) is 0 Å². The number of aliphatic carboxylic acids is 2. The standard InChI is InChI=1S/C18H18O6/c19-14-6-1-4-12(10-14)18(17(23)24,9-3-8-16(21)22)13-5-2-7-15(20)11-13/h1-2,4-7,10-11,19-20H,3,8-9H2,(H,21,22)(H,23,24). The van der Waals surface area contributed by atoms with Gasteiger partial charge in [0.2, 0.25) is 0 Å². The SMILES string of the molecule is O=C(O)CCCC(C(=O)O)(c1cccc(O)c1)c1cccc(O)c1. The Balaban J connectivity index is 2.60. The van der Waals surface area contributed by atoms with Crippen LogP contribution in [0.5, 0.6) is 11.5 Å². The van der Waals surface area contributed by atoms with E-state index < -0.39 is 17.4 Å². The number of hydrogen-bond donors (Lipinski definition) is 4. The zero-order valence-corrected chi connectivity index (χ0v) is 12.8. The number of carbonyl (C=O) groups is 2. The summed E-state index contributed by atoms with van der Waals surface area (Å²) in [5.74, 6) is -2.36. The summed E-state index contributed by atoms with van der Waals surface area (Å²) in [7, 11) is 0. The molecule has 0 aliphatic heterocycles. The average molecular weight is 330 g/mol. The number of phenolic OH excluding ortho intramolecular Hbond substituents is 2. The summed E-state index contributed by atoms with van der Waals surface area (Å²) in [5, 5.41) is 38.3. The highest BCUT2D eigenvalue weighted by atomic mass is 16.4. The molecule has 0 unspecified atom stereocenters. The molecule has 0 radical (unpaired) electrons. The van der Waals surface area contributed by atoms with Crippen LogP contribution in [-0.4, -0.2) is 32.4 Å². The molecule has 0 aliphatic rings. The van der Waals surface area contributed by atoms with Crippen LogP contribution < -0.4 is 0 Å².